The molecule has 168 valence electrons. The normalized spacial score (nSPS) is 14.2. The van der Waals surface area contributed by atoms with Gasteiger partial charge in [0.15, 0.2) is 5.49 Å². The topological polar surface area (TPSA) is 120 Å². The zero-order chi connectivity index (χ0) is 23.7. The van der Waals surface area contributed by atoms with Gasteiger partial charge in [-0.15, -0.1) is 0 Å². The molecule has 0 spiro atoms. The van der Waals surface area contributed by atoms with Crippen LogP contribution in [0.3, 0.4) is 0 Å². The standard InChI is InChI=1S/C24H23N5O4/c1-4-28(5-2)17-12-8-16(9-13-17)25-20-14(3)19-21(26-22(20)30)27-29(23(19)31)18-10-6-15(7-11-18)24(32)33/h6-13H,4-5H2,1-3H3,(H,32,33)(H,26,27,30). The molecule has 1 amide bonds. The predicted octanol–water partition coefficient (Wildman–Crippen LogP) is 1.81. The number of aromatic nitrogens is 2. The number of amides is 1. The van der Waals surface area contributed by atoms with Gasteiger partial charge >= 0.3 is 5.97 Å². The second kappa shape index (κ2) is 8.70. The minimum absolute atomic E-state index is 0.104. The maximum Gasteiger partial charge on any atom is 0.335 e. The highest BCUT2D eigenvalue weighted by Crippen LogP contribution is 2.21. The van der Waals surface area contributed by atoms with Gasteiger partial charge in [0.05, 0.1) is 22.2 Å². The van der Waals surface area contributed by atoms with Gasteiger partial charge in [-0.2, -0.15) is 4.99 Å². The summed E-state index contributed by atoms with van der Waals surface area (Å²) in [6, 6.07) is 13.4. The molecule has 0 radical (unpaired) electrons. The average Bonchev–Trinajstić information content (AvgIpc) is 3.14. The van der Waals surface area contributed by atoms with Crippen molar-refractivity contribution in [2.75, 3.05) is 18.0 Å². The van der Waals surface area contributed by atoms with Crippen LogP contribution in [-0.2, 0) is 4.79 Å². The first kappa shape index (κ1) is 21.9. The van der Waals surface area contributed by atoms with Crippen LogP contribution in [0.25, 0.3) is 11.3 Å². The number of carbonyl (C=O) groups is 2. The van der Waals surface area contributed by atoms with Crippen LogP contribution in [0.2, 0.25) is 0 Å². The molecule has 0 saturated carbocycles. The minimum Gasteiger partial charge on any atom is -0.478 e. The number of aromatic carboxylic acids is 1. The van der Waals surface area contributed by atoms with E-state index in [1.54, 1.807) is 6.92 Å². The van der Waals surface area contributed by atoms with E-state index in [2.05, 4.69) is 33.8 Å². The third-order valence-corrected chi connectivity index (χ3v) is 5.61. The van der Waals surface area contributed by atoms with Gasteiger partial charge in [0.1, 0.15) is 5.71 Å². The first-order chi connectivity index (χ1) is 15.8. The number of carboxylic acids is 1. The van der Waals surface area contributed by atoms with Crippen molar-refractivity contribution >= 4 is 34.5 Å². The van der Waals surface area contributed by atoms with E-state index in [1.165, 1.54) is 28.9 Å². The number of carboxylic acid groups (broad SMARTS) is 1. The lowest BCUT2D eigenvalue weighted by Crippen LogP contribution is -2.43. The first-order valence-electron chi connectivity index (χ1n) is 10.6. The lowest BCUT2D eigenvalue weighted by Gasteiger charge is -2.20. The number of nitrogens with one attached hydrogen (secondary N) is 1. The molecule has 0 aliphatic carbocycles. The predicted molar refractivity (Wildman–Crippen MR) is 125 cm³/mol. The summed E-state index contributed by atoms with van der Waals surface area (Å²) in [5, 5.41) is 12.2. The van der Waals surface area contributed by atoms with Crippen molar-refractivity contribution in [3.8, 4) is 5.69 Å². The number of carbonyl (C=O) groups excluding carboxylic acids is 1. The Hall–Kier alpha value is -4.27. The number of nitrogens with zero attached hydrogens (tertiary/aromatic N) is 4. The summed E-state index contributed by atoms with van der Waals surface area (Å²) in [5.74, 6) is -1.60. The van der Waals surface area contributed by atoms with Crippen LogP contribution in [0.4, 0.5) is 11.4 Å². The van der Waals surface area contributed by atoms with E-state index >= 15 is 0 Å². The number of hydrogen-bond acceptors (Lipinski definition) is 5. The Bertz CT molecular complexity index is 1440. The third-order valence-electron chi connectivity index (χ3n) is 5.61. The summed E-state index contributed by atoms with van der Waals surface area (Å²) in [7, 11) is 0. The molecule has 3 aromatic rings. The summed E-state index contributed by atoms with van der Waals surface area (Å²) >= 11 is 0. The summed E-state index contributed by atoms with van der Waals surface area (Å²) < 4.78 is 1.23. The molecule has 4 rings (SSSR count). The molecule has 2 N–H and O–H groups in total. The van der Waals surface area contributed by atoms with Gasteiger partial charge in [-0.05, 0) is 74.9 Å². The van der Waals surface area contributed by atoms with Crippen molar-refractivity contribution in [3.63, 3.8) is 0 Å². The summed E-state index contributed by atoms with van der Waals surface area (Å²) in [6.07, 6.45) is 0. The SMILES string of the molecule is CCN(CC)c1ccc(N=C2C(=O)N=c3[nH]n(-c4ccc(C(=O)O)cc4)c(=O)c3=C2C)cc1. The van der Waals surface area contributed by atoms with Gasteiger partial charge in [-0.25, -0.2) is 14.5 Å². The molecular formula is C24H23N5O4. The summed E-state index contributed by atoms with van der Waals surface area (Å²) in [5.41, 5.74) is 2.49. The highest BCUT2D eigenvalue weighted by Gasteiger charge is 2.22. The van der Waals surface area contributed by atoms with Crippen LogP contribution in [0, 0.1) is 0 Å². The molecule has 1 aliphatic rings. The number of aromatic amines is 1. The lowest BCUT2D eigenvalue weighted by molar-refractivity contribution is -0.112. The molecule has 9 nitrogen and oxygen atoms in total. The molecular weight excluding hydrogens is 422 g/mol. The van der Waals surface area contributed by atoms with E-state index < -0.39 is 17.4 Å². The molecule has 9 heteroatoms. The van der Waals surface area contributed by atoms with Crippen LogP contribution in [0.15, 0.2) is 63.3 Å². The van der Waals surface area contributed by atoms with Gasteiger partial charge < -0.3 is 10.0 Å². The Labute approximate surface area is 189 Å². The molecule has 1 aromatic heterocycles. The zero-order valence-electron chi connectivity index (χ0n) is 18.5. The number of hydrogen-bond donors (Lipinski definition) is 2. The molecule has 0 fully saturated rings. The largest absolute Gasteiger partial charge is 0.478 e. The van der Waals surface area contributed by atoms with Crippen molar-refractivity contribution < 1.29 is 14.7 Å². The van der Waals surface area contributed by atoms with Crippen molar-refractivity contribution in [1.29, 1.82) is 0 Å². The van der Waals surface area contributed by atoms with E-state index in [0.717, 1.165) is 18.8 Å². The summed E-state index contributed by atoms with van der Waals surface area (Å²) in [4.78, 5) is 47.6. The van der Waals surface area contributed by atoms with Gasteiger partial charge in [0.2, 0.25) is 0 Å². The van der Waals surface area contributed by atoms with Crippen LogP contribution < -0.4 is 21.2 Å². The van der Waals surface area contributed by atoms with Gasteiger partial charge in [-0.3, -0.25) is 14.7 Å². The fourth-order valence-corrected chi connectivity index (χ4v) is 3.80. The quantitative estimate of drug-likeness (QED) is 0.600. The number of anilines is 1. The number of rotatable bonds is 6. The van der Waals surface area contributed by atoms with Crippen LogP contribution in [0.5, 0.6) is 0 Å². The smallest absolute Gasteiger partial charge is 0.335 e. The van der Waals surface area contributed by atoms with Crippen molar-refractivity contribution in [1.82, 2.24) is 9.78 Å². The van der Waals surface area contributed by atoms with Crippen molar-refractivity contribution in [2.45, 2.75) is 20.8 Å². The molecule has 2 aromatic carbocycles. The molecule has 0 saturated heterocycles. The Morgan fingerprint density at radius 1 is 1.06 bits per heavy atom. The van der Waals surface area contributed by atoms with Gasteiger partial charge in [-0.1, -0.05) is 0 Å². The molecule has 0 atom stereocenters. The fraction of sp³-hybridized carbons (Fsp3) is 0.208. The number of aliphatic imine (C=N–C) groups is 1. The first-order valence-corrected chi connectivity index (χ1v) is 10.6. The van der Waals surface area contributed by atoms with Crippen LogP contribution >= 0.6 is 0 Å². The van der Waals surface area contributed by atoms with E-state index in [4.69, 9.17) is 5.11 Å². The Balaban J connectivity index is 1.77. The highest BCUT2D eigenvalue weighted by atomic mass is 16.4. The highest BCUT2D eigenvalue weighted by molar-refractivity contribution is 6.54. The molecule has 0 bridgehead atoms. The maximum absolute atomic E-state index is 13.1. The Morgan fingerprint density at radius 3 is 2.27 bits per heavy atom. The van der Waals surface area contributed by atoms with Gasteiger partial charge in [0.25, 0.3) is 11.5 Å². The monoisotopic (exact) mass is 445 g/mol. The van der Waals surface area contributed by atoms with Crippen LogP contribution in [-0.4, -0.2) is 45.6 Å². The molecule has 2 heterocycles. The van der Waals surface area contributed by atoms with Gasteiger partial charge in [0, 0.05) is 18.8 Å². The molecule has 1 aliphatic heterocycles. The third kappa shape index (κ3) is 4.00. The average molecular weight is 445 g/mol. The Morgan fingerprint density at radius 2 is 1.70 bits per heavy atom. The number of H-pyrrole nitrogens is 1. The second-order valence-corrected chi connectivity index (χ2v) is 7.52. The van der Waals surface area contributed by atoms with Crippen molar-refractivity contribution in [3.05, 3.63) is 75.2 Å². The second-order valence-electron chi connectivity index (χ2n) is 7.52. The molecule has 0 unspecified atom stereocenters. The van der Waals surface area contributed by atoms with Crippen LogP contribution in [0.1, 0.15) is 31.1 Å². The number of fused-ring (bicyclic) bond motifs is 1. The zero-order valence-corrected chi connectivity index (χ0v) is 18.5. The number of benzene rings is 2. The van der Waals surface area contributed by atoms with Crippen molar-refractivity contribution in [2.24, 2.45) is 9.98 Å². The fourth-order valence-electron chi connectivity index (χ4n) is 3.80. The minimum atomic E-state index is -1.06. The Kier molecular flexibility index (Phi) is 5.78. The molecule has 33 heavy (non-hydrogen) atoms. The summed E-state index contributed by atoms with van der Waals surface area (Å²) in [6.45, 7) is 7.60. The maximum atomic E-state index is 13.1. The van der Waals surface area contributed by atoms with E-state index in [0.29, 0.717) is 16.9 Å². The van der Waals surface area contributed by atoms with E-state index in [-0.39, 0.29) is 22.0 Å². The lowest BCUT2D eigenvalue weighted by atomic mass is 10.1. The van der Waals surface area contributed by atoms with E-state index in [9.17, 15) is 14.4 Å². The van der Waals surface area contributed by atoms with E-state index in [1.807, 2.05) is 24.3 Å².